The van der Waals surface area contributed by atoms with Gasteiger partial charge in [-0.3, -0.25) is 4.57 Å². The number of halogens is 1. The Hall–Kier alpha value is 0.290. The van der Waals surface area contributed by atoms with Crippen molar-refractivity contribution in [2.75, 3.05) is 13.2 Å². The Morgan fingerprint density at radius 2 is 2.06 bits per heavy atom. The molecule has 16 heavy (non-hydrogen) atoms. The summed E-state index contributed by atoms with van der Waals surface area (Å²) in [5.74, 6) is -0.719. The third-order valence-corrected chi connectivity index (χ3v) is 5.99. The van der Waals surface area contributed by atoms with E-state index < -0.39 is 13.4 Å². The first kappa shape index (κ1) is 14.4. The molecule has 1 aromatic rings. The monoisotopic (exact) mass is 327 g/mol. The van der Waals surface area contributed by atoms with E-state index in [1.807, 2.05) is 11.4 Å². The van der Waals surface area contributed by atoms with E-state index in [4.69, 9.17) is 14.8 Å². The fourth-order valence-electron chi connectivity index (χ4n) is 1.20. The zero-order valence-electron chi connectivity index (χ0n) is 9.18. The molecule has 0 fully saturated rings. The highest BCUT2D eigenvalue weighted by Gasteiger charge is 2.34. The van der Waals surface area contributed by atoms with E-state index in [1.165, 1.54) is 11.3 Å². The van der Waals surface area contributed by atoms with Gasteiger partial charge in [-0.1, -0.05) is 0 Å². The van der Waals surface area contributed by atoms with Crippen LogP contribution in [-0.2, 0) is 13.6 Å². The second-order valence-electron chi connectivity index (χ2n) is 2.99. The Bertz CT molecular complexity index is 375. The highest BCUT2D eigenvalue weighted by molar-refractivity contribution is 9.10. The van der Waals surface area contributed by atoms with Gasteiger partial charge >= 0.3 is 7.60 Å². The van der Waals surface area contributed by atoms with Gasteiger partial charge in [-0.05, 0) is 35.8 Å². The molecular formula is C9H15BrNO3PS. The van der Waals surface area contributed by atoms with Crippen LogP contribution in [0.25, 0.3) is 0 Å². The molecule has 1 atom stereocenters. The average molecular weight is 328 g/mol. The molecule has 0 saturated heterocycles. The van der Waals surface area contributed by atoms with Gasteiger partial charge in [0, 0.05) is 14.7 Å². The summed E-state index contributed by atoms with van der Waals surface area (Å²) in [7, 11) is -3.25. The number of thiophene rings is 1. The van der Waals surface area contributed by atoms with Gasteiger partial charge in [-0.25, -0.2) is 0 Å². The van der Waals surface area contributed by atoms with Gasteiger partial charge in [-0.2, -0.15) is 0 Å². The highest BCUT2D eigenvalue weighted by atomic mass is 79.9. The molecule has 92 valence electrons. The van der Waals surface area contributed by atoms with Crippen molar-refractivity contribution in [3.05, 3.63) is 20.8 Å². The van der Waals surface area contributed by atoms with Crippen LogP contribution in [0.1, 0.15) is 24.5 Å². The molecule has 0 unspecified atom stereocenters. The first-order chi connectivity index (χ1) is 7.53. The van der Waals surface area contributed by atoms with Gasteiger partial charge in [0.15, 0.2) is 0 Å². The summed E-state index contributed by atoms with van der Waals surface area (Å²) < 4.78 is 23.7. The first-order valence-electron chi connectivity index (χ1n) is 4.91. The number of hydrogen-bond donors (Lipinski definition) is 1. The lowest BCUT2D eigenvalue weighted by atomic mass is 10.5. The average Bonchev–Trinajstić information content (AvgIpc) is 2.64. The van der Waals surface area contributed by atoms with E-state index in [2.05, 4.69) is 15.9 Å². The maximum Gasteiger partial charge on any atom is 0.352 e. The van der Waals surface area contributed by atoms with E-state index in [-0.39, 0.29) is 0 Å². The molecule has 0 aliphatic rings. The van der Waals surface area contributed by atoms with Gasteiger partial charge in [0.25, 0.3) is 0 Å². The molecule has 0 saturated carbocycles. The number of hydrogen-bond acceptors (Lipinski definition) is 5. The van der Waals surface area contributed by atoms with Crippen molar-refractivity contribution in [3.8, 4) is 0 Å². The highest BCUT2D eigenvalue weighted by Crippen LogP contribution is 2.59. The van der Waals surface area contributed by atoms with Crippen molar-refractivity contribution in [2.24, 2.45) is 5.73 Å². The Morgan fingerprint density at radius 1 is 1.50 bits per heavy atom. The van der Waals surface area contributed by atoms with Gasteiger partial charge in [0.2, 0.25) is 0 Å². The van der Waals surface area contributed by atoms with Crippen molar-refractivity contribution in [1.29, 1.82) is 0 Å². The van der Waals surface area contributed by atoms with Crippen LogP contribution in [0.3, 0.4) is 0 Å². The molecule has 0 spiro atoms. The van der Waals surface area contributed by atoms with E-state index >= 15 is 0 Å². The second kappa shape index (κ2) is 6.28. The lowest BCUT2D eigenvalue weighted by Crippen LogP contribution is -2.13. The van der Waals surface area contributed by atoms with Crippen molar-refractivity contribution in [1.82, 2.24) is 0 Å². The topological polar surface area (TPSA) is 61.5 Å². The molecule has 7 heteroatoms. The van der Waals surface area contributed by atoms with Crippen LogP contribution >= 0.6 is 34.9 Å². The van der Waals surface area contributed by atoms with Gasteiger partial charge in [0.05, 0.1) is 13.2 Å². The minimum atomic E-state index is -3.25. The summed E-state index contributed by atoms with van der Waals surface area (Å²) in [5, 5.41) is 1.89. The first-order valence-corrected chi connectivity index (χ1v) is 8.20. The van der Waals surface area contributed by atoms with Gasteiger partial charge in [-0.15, -0.1) is 11.3 Å². The molecular weight excluding hydrogens is 313 g/mol. The predicted octanol–water partition coefficient (Wildman–Crippen LogP) is 3.73. The maximum absolute atomic E-state index is 12.3. The van der Waals surface area contributed by atoms with Crippen LogP contribution in [0, 0.1) is 0 Å². The normalized spacial score (nSPS) is 14.0. The summed E-state index contributed by atoms with van der Waals surface area (Å²) in [6.07, 6.45) is 0. The van der Waals surface area contributed by atoms with Crippen molar-refractivity contribution >= 4 is 34.9 Å². The Balaban J connectivity index is 2.90. The molecule has 0 amide bonds. The SMILES string of the molecule is CCOP(=O)(OCC)[C@@H](N)c1cc(Br)cs1. The van der Waals surface area contributed by atoms with E-state index in [9.17, 15) is 4.57 Å². The quantitative estimate of drug-likeness (QED) is 0.808. The zero-order chi connectivity index (χ0) is 12.2. The summed E-state index contributed by atoms with van der Waals surface area (Å²) in [6.45, 7) is 4.17. The fourth-order valence-corrected chi connectivity index (χ4v) is 4.60. The lowest BCUT2D eigenvalue weighted by Gasteiger charge is -2.22. The van der Waals surface area contributed by atoms with E-state index in [1.54, 1.807) is 13.8 Å². The summed E-state index contributed by atoms with van der Waals surface area (Å²) in [5.41, 5.74) is 5.94. The van der Waals surface area contributed by atoms with Crippen molar-refractivity contribution in [2.45, 2.75) is 19.6 Å². The summed E-state index contributed by atoms with van der Waals surface area (Å²) in [4.78, 5) is 0.789. The molecule has 4 nitrogen and oxygen atoms in total. The third-order valence-electron chi connectivity index (χ3n) is 1.84. The van der Waals surface area contributed by atoms with Crippen molar-refractivity contribution < 1.29 is 13.6 Å². The van der Waals surface area contributed by atoms with Crippen LogP contribution in [0.5, 0.6) is 0 Å². The molecule has 2 N–H and O–H groups in total. The standard InChI is InChI=1S/C9H15BrNO3PS/c1-3-13-15(12,14-4-2)9(11)8-5-7(10)6-16-8/h5-6,9H,3-4,11H2,1-2H3/t9-/m1/s1. The molecule has 0 bridgehead atoms. The molecule has 1 aromatic heterocycles. The molecule has 0 radical (unpaired) electrons. The fraction of sp³-hybridized carbons (Fsp3) is 0.556. The molecule has 0 aromatic carbocycles. The third kappa shape index (κ3) is 3.39. The predicted molar refractivity (Wildman–Crippen MR) is 69.8 cm³/mol. The summed E-state index contributed by atoms with van der Waals surface area (Å²) in [6, 6.07) is 1.83. The minimum absolute atomic E-state index is 0.317. The van der Waals surface area contributed by atoms with Crippen LogP contribution in [0.2, 0.25) is 0 Å². The Morgan fingerprint density at radius 3 is 2.44 bits per heavy atom. The van der Waals surface area contributed by atoms with Crippen LogP contribution in [-0.4, -0.2) is 13.2 Å². The minimum Gasteiger partial charge on any atom is -0.313 e. The largest absolute Gasteiger partial charge is 0.352 e. The summed E-state index contributed by atoms with van der Waals surface area (Å²) >= 11 is 4.76. The van der Waals surface area contributed by atoms with E-state index in [0.29, 0.717) is 13.2 Å². The Kier molecular flexibility index (Phi) is 5.64. The van der Waals surface area contributed by atoms with E-state index in [0.717, 1.165) is 9.35 Å². The Labute approximate surface area is 108 Å². The smallest absolute Gasteiger partial charge is 0.313 e. The molecule has 0 aliphatic carbocycles. The molecule has 1 heterocycles. The number of rotatable bonds is 6. The van der Waals surface area contributed by atoms with Crippen LogP contribution in [0.15, 0.2) is 15.9 Å². The van der Waals surface area contributed by atoms with Crippen LogP contribution < -0.4 is 5.73 Å². The zero-order valence-corrected chi connectivity index (χ0v) is 12.5. The number of nitrogens with two attached hydrogens (primary N) is 1. The second-order valence-corrected chi connectivity index (χ2v) is 7.00. The van der Waals surface area contributed by atoms with Crippen molar-refractivity contribution in [3.63, 3.8) is 0 Å². The van der Waals surface area contributed by atoms with Gasteiger partial charge in [0.1, 0.15) is 5.78 Å². The molecule has 1 rings (SSSR count). The van der Waals surface area contributed by atoms with Crippen LogP contribution in [0.4, 0.5) is 0 Å². The maximum atomic E-state index is 12.3. The molecule has 0 aliphatic heterocycles. The van der Waals surface area contributed by atoms with Gasteiger partial charge < -0.3 is 14.8 Å². The lowest BCUT2D eigenvalue weighted by molar-refractivity contribution is 0.212.